The third-order valence-electron chi connectivity index (χ3n) is 4.87. The predicted octanol–water partition coefficient (Wildman–Crippen LogP) is 1.90. The molecule has 0 bridgehead atoms. The second-order valence-corrected chi connectivity index (χ2v) is 9.07. The molecule has 1 amide bonds. The largest absolute Gasteiger partial charge is 0.448 e. The summed E-state index contributed by atoms with van der Waals surface area (Å²) in [7, 11) is -2.19. The number of nitro groups is 1. The maximum Gasteiger partial charge on any atom is 0.355 e. The maximum absolute atomic E-state index is 12.7. The quantitative estimate of drug-likeness (QED) is 0.386. The van der Waals surface area contributed by atoms with Gasteiger partial charge in [0.05, 0.1) is 4.92 Å². The van der Waals surface area contributed by atoms with Crippen molar-refractivity contribution in [2.45, 2.75) is 30.8 Å². The Morgan fingerprint density at radius 2 is 1.90 bits per heavy atom. The summed E-state index contributed by atoms with van der Waals surface area (Å²) in [5.41, 5.74) is -0.0364. The third-order valence-corrected chi connectivity index (χ3v) is 6.73. The number of nitro benzene ring substituents is 1. The number of hydrogen-bond donors (Lipinski definition) is 1. The molecule has 1 aliphatic heterocycles. The molecule has 0 aliphatic carbocycles. The van der Waals surface area contributed by atoms with E-state index >= 15 is 0 Å². The highest BCUT2D eigenvalue weighted by atomic mass is 32.2. The second-order valence-electron chi connectivity index (χ2n) is 7.13. The average Bonchev–Trinajstić information content (AvgIpc) is 3.38. The summed E-state index contributed by atoms with van der Waals surface area (Å²) in [5, 5.41) is 13.3. The van der Waals surface area contributed by atoms with Crippen molar-refractivity contribution in [3.05, 3.63) is 52.3 Å². The number of carbonyl (C=O) groups excluding carboxylic acids is 2. The minimum absolute atomic E-state index is 0.0162. The summed E-state index contributed by atoms with van der Waals surface area (Å²) in [5.74, 6) is -1.56. The lowest BCUT2D eigenvalue weighted by Crippen LogP contribution is -2.30. The molecule has 2 heterocycles. The summed E-state index contributed by atoms with van der Waals surface area (Å²) < 4.78 is 33.2. The van der Waals surface area contributed by atoms with Crippen molar-refractivity contribution in [3.8, 4) is 0 Å². The number of amides is 1. The van der Waals surface area contributed by atoms with Crippen LogP contribution in [0.2, 0.25) is 0 Å². The number of esters is 1. The molecule has 12 heteroatoms. The SMILES string of the molecule is CC(OC(=O)c1cc(S(=O)(=O)N2CCCC2)cn1C)C(=O)Nc1cccc([N+](=O)[O-])c1. The molecule has 166 valence electrons. The Bertz CT molecular complexity index is 1120. The van der Waals surface area contributed by atoms with Gasteiger partial charge in [-0.05, 0) is 31.9 Å². The highest BCUT2D eigenvalue weighted by Gasteiger charge is 2.30. The molecule has 1 aromatic heterocycles. The van der Waals surface area contributed by atoms with E-state index in [2.05, 4.69) is 5.32 Å². The van der Waals surface area contributed by atoms with Crippen molar-refractivity contribution in [1.82, 2.24) is 8.87 Å². The number of nitrogens with one attached hydrogen (secondary N) is 1. The van der Waals surface area contributed by atoms with Crippen LogP contribution in [0.1, 0.15) is 30.3 Å². The van der Waals surface area contributed by atoms with E-state index in [1.165, 1.54) is 59.4 Å². The molecule has 3 rings (SSSR count). The van der Waals surface area contributed by atoms with Gasteiger partial charge >= 0.3 is 5.97 Å². The monoisotopic (exact) mass is 450 g/mol. The molecule has 1 aromatic carbocycles. The number of aromatic nitrogens is 1. The van der Waals surface area contributed by atoms with Gasteiger partial charge < -0.3 is 14.6 Å². The van der Waals surface area contributed by atoms with Crippen LogP contribution in [-0.2, 0) is 26.6 Å². The Morgan fingerprint density at radius 1 is 1.23 bits per heavy atom. The smallest absolute Gasteiger partial charge is 0.355 e. The van der Waals surface area contributed by atoms with Gasteiger partial charge in [-0.25, -0.2) is 13.2 Å². The van der Waals surface area contributed by atoms with E-state index in [4.69, 9.17) is 4.74 Å². The average molecular weight is 450 g/mol. The fraction of sp³-hybridized carbons (Fsp3) is 0.368. The van der Waals surface area contributed by atoms with E-state index in [1.54, 1.807) is 0 Å². The van der Waals surface area contributed by atoms with Crippen LogP contribution in [0.4, 0.5) is 11.4 Å². The first-order chi connectivity index (χ1) is 14.6. The lowest BCUT2D eigenvalue weighted by Gasteiger charge is -2.14. The lowest BCUT2D eigenvalue weighted by molar-refractivity contribution is -0.384. The zero-order chi connectivity index (χ0) is 22.8. The first-order valence-electron chi connectivity index (χ1n) is 9.52. The van der Waals surface area contributed by atoms with Gasteiger partial charge in [-0.3, -0.25) is 14.9 Å². The van der Waals surface area contributed by atoms with Crippen molar-refractivity contribution < 1.29 is 27.7 Å². The van der Waals surface area contributed by atoms with E-state index in [1.807, 2.05) is 0 Å². The zero-order valence-corrected chi connectivity index (χ0v) is 17.8. The van der Waals surface area contributed by atoms with Crippen LogP contribution >= 0.6 is 0 Å². The normalized spacial score (nSPS) is 15.4. The van der Waals surface area contributed by atoms with Gasteiger partial charge in [-0.2, -0.15) is 4.31 Å². The molecule has 1 aliphatic rings. The molecule has 11 nitrogen and oxygen atoms in total. The summed E-state index contributed by atoms with van der Waals surface area (Å²) >= 11 is 0. The molecule has 0 radical (unpaired) electrons. The molecule has 1 unspecified atom stereocenters. The number of carbonyl (C=O) groups is 2. The van der Waals surface area contributed by atoms with Gasteiger partial charge in [0.15, 0.2) is 6.10 Å². The third kappa shape index (κ3) is 4.91. The standard InChI is InChI=1S/C19H22N4O7S/c1-13(18(24)20-14-6-5-7-15(10-14)23(26)27)30-19(25)17-11-16(12-21(17)2)31(28,29)22-8-3-4-9-22/h5-7,10-13H,3-4,8-9H2,1-2H3,(H,20,24). The van der Waals surface area contributed by atoms with Crippen LogP contribution in [0.5, 0.6) is 0 Å². The first kappa shape index (κ1) is 22.4. The zero-order valence-electron chi connectivity index (χ0n) is 17.0. The van der Waals surface area contributed by atoms with Crippen LogP contribution in [-0.4, -0.2) is 53.3 Å². The molecule has 31 heavy (non-hydrogen) atoms. The van der Waals surface area contributed by atoms with E-state index in [9.17, 15) is 28.1 Å². The van der Waals surface area contributed by atoms with E-state index in [-0.39, 0.29) is 22.0 Å². The Balaban J connectivity index is 1.68. The van der Waals surface area contributed by atoms with Gasteiger partial charge in [0.2, 0.25) is 10.0 Å². The number of aryl methyl sites for hydroxylation is 1. The topological polar surface area (TPSA) is 141 Å². The highest BCUT2D eigenvalue weighted by Crippen LogP contribution is 2.23. The number of anilines is 1. The minimum atomic E-state index is -3.70. The summed E-state index contributed by atoms with van der Waals surface area (Å²) in [6.45, 7) is 2.22. The highest BCUT2D eigenvalue weighted by molar-refractivity contribution is 7.89. The van der Waals surface area contributed by atoms with E-state index in [0.717, 1.165) is 12.8 Å². The fourth-order valence-corrected chi connectivity index (χ4v) is 4.76. The number of sulfonamides is 1. The molecule has 0 spiro atoms. The summed E-state index contributed by atoms with van der Waals surface area (Å²) in [6, 6.07) is 6.56. The Labute approximate surface area is 178 Å². The molecular weight excluding hydrogens is 428 g/mol. The predicted molar refractivity (Wildman–Crippen MR) is 110 cm³/mol. The van der Waals surface area contributed by atoms with Gasteiger partial charge in [0.25, 0.3) is 11.6 Å². The number of hydrogen-bond acceptors (Lipinski definition) is 7. The number of benzene rings is 1. The Hall–Kier alpha value is -3.25. The van der Waals surface area contributed by atoms with Crippen LogP contribution in [0.25, 0.3) is 0 Å². The number of nitrogens with zero attached hydrogens (tertiary/aromatic N) is 3. The molecule has 1 atom stereocenters. The lowest BCUT2D eigenvalue weighted by atomic mass is 10.2. The summed E-state index contributed by atoms with van der Waals surface area (Å²) in [6.07, 6.45) is 1.69. The number of rotatable bonds is 7. The minimum Gasteiger partial charge on any atom is -0.448 e. The van der Waals surface area contributed by atoms with Gasteiger partial charge in [-0.15, -0.1) is 0 Å². The molecule has 1 saturated heterocycles. The van der Waals surface area contributed by atoms with Crippen molar-refractivity contribution in [2.24, 2.45) is 7.05 Å². The van der Waals surface area contributed by atoms with Gasteiger partial charge in [0, 0.05) is 44.2 Å². The molecule has 1 N–H and O–H groups in total. The van der Waals surface area contributed by atoms with Crippen LogP contribution in [0.3, 0.4) is 0 Å². The maximum atomic E-state index is 12.7. The van der Waals surface area contributed by atoms with Gasteiger partial charge in [-0.1, -0.05) is 6.07 Å². The molecule has 2 aromatic rings. The van der Waals surface area contributed by atoms with Crippen molar-refractivity contribution in [2.75, 3.05) is 18.4 Å². The molecule has 1 fully saturated rings. The van der Waals surface area contributed by atoms with Gasteiger partial charge in [0.1, 0.15) is 10.6 Å². The van der Waals surface area contributed by atoms with Crippen LogP contribution in [0.15, 0.2) is 41.4 Å². The second kappa shape index (κ2) is 8.86. The van der Waals surface area contributed by atoms with Crippen molar-refractivity contribution >= 4 is 33.3 Å². The van der Waals surface area contributed by atoms with Crippen LogP contribution < -0.4 is 5.32 Å². The Morgan fingerprint density at radius 3 is 2.55 bits per heavy atom. The van der Waals surface area contributed by atoms with E-state index in [0.29, 0.717) is 13.1 Å². The van der Waals surface area contributed by atoms with Crippen LogP contribution in [0, 0.1) is 10.1 Å². The molecule has 0 saturated carbocycles. The fourth-order valence-electron chi connectivity index (χ4n) is 3.17. The molecular formula is C19H22N4O7S. The Kier molecular flexibility index (Phi) is 6.41. The number of ether oxygens (including phenoxy) is 1. The van der Waals surface area contributed by atoms with Crippen molar-refractivity contribution in [3.63, 3.8) is 0 Å². The number of non-ortho nitro benzene ring substituents is 1. The first-order valence-corrected chi connectivity index (χ1v) is 11.0. The van der Waals surface area contributed by atoms with Crippen molar-refractivity contribution in [1.29, 1.82) is 0 Å². The summed E-state index contributed by atoms with van der Waals surface area (Å²) in [4.78, 5) is 35.1. The van der Waals surface area contributed by atoms with E-state index < -0.39 is 32.9 Å².